The fraction of sp³-hybridized carbons (Fsp3) is 0.280. The van der Waals surface area contributed by atoms with Crippen LogP contribution in [0.1, 0.15) is 35.3 Å². The second kappa shape index (κ2) is 8.73. The molecule has 0 saturated heterocycles. The Bertz CT molecular complexity index is 1170. The number of nitrogens with one attached hydrogen (secondary N) is 1. The van der Waals surface area contributed by atoms with E-state index in [2.05, 4.69) is 68.4 Å². The summed E-state index contributed by atoms with van der Waals surface area (Å²) in [6.45, 7) is 4.48. The van der Waals surface area contributed by atoms with Crippen LogP contribution in [0, 0.1) is 0 Å². The maximum atomic E-state index is 5.67. The third kappa shape index (κ3) is 3.93. The molecular weight excluding hydrogens is 404 g/mol. The number of hydrogen-bond acceptors (Lipinski definition) is 5. The molecule has 0 amide bonds. The van der Waals surface area contributed by atoms with Gasteiger partial charge in [-0.3, -0.25) is 4.90 Å². The zero-order valence-electron chi connectivity index (χ0n) is 17.8. The van der Waals surface area contributed by atoms with E-state index in [-0.39, 0.29) is 6.04 Å². The van der Waals surface area contributed by atoms with Crippen molar-refractivity contribution >= 4 is 22.7 Å². The molecular formula is C25H26N4OS. The molecule has 5 rings (SSSR count). The van der Waals surface area contributed by atoms with Gasteiger partial charge in [-0.1, -0.05) is 42.1 Å². The highest BCUT2D eigenvalue weighted by Crippen LogP contribution is 2.39. The Morgan fingerprint density at radius 2 is 1.87 bits per heavy atom. The van der Waals surface area contributed by atoms with Gasteiger partial charge in [-0.2, -0.15) is 0 Å². The highest BCUT2D eigenvalue weighted by Gasteiger charge is 2.31. The Balaban J connectivity index is 1.54. The van der Waals surface area contributed by atoms with Gasteiger partial charge in [0.15, 0.2) is 5.16 Å². The number of benzene rings is 2. The van der Waals surface area contributed by atoms with Crippen LogP contribution in [0.3, 0.4) is 0 Å². The minimum atomic E-state index is 0.145. The van der Waals surface area contributed by atoms with Gasteiger partial charge in [0.25, 0.3) is 0 Å². The van der Waals surface area contributed by atoms with E-state index in [9.17, 15) is 0 Å². The summed E-state index contributed by atoms with van der Waals surface area (Å²) in [5, 5.41) is 2.14. The van der Waals surface area contributed by atoms with Crippen molar-refractivity contribution in [3.63, 3.8) is 0 Å². The van der Waals surface area contributed by atoms with Crippen LogP contribution in [-0.2, 0) is 13.0 Å². The molecule has 0 radical (unpaired) electrons. The van der Waals surface area contributed by atoms with Crippen LogP contribution >= 0.6 is 11.8 Å². The molecule has 1 aliphatic rings. The average molecular weight is 431 g/mol. The van der Waals surface area contributed by atoms with Gasteiger partial charge >= 0.3 is 0 Å². The fourth-order valence-corrected chi connectivity index (χ4v) is 4.83. The first kappa shape index (κ1) is 20.1. The Morgan fingerprint density at radius 1 is 1.10 bits per heavy atom. The Morgan fingerprint density at radius 3 is 2.61 bits per heavy atom. The minimum absolute atomic E-state index is 0.145. The smallest absolute Gasteiger partial charge is 0.187 e. The summed E-state index contributed by atoms with van der Waals surface area (Å²) in [5.41, 5.74) is 6.32. The van der Waals surface area contributed by atoms with Crippen molar-refractivity contribution in [3.8, 4) is 5.75 Å². The lowest BCUT2D eigenvalue weighted by Crippen LogP contribution is -2.35. The SMILES string of the molecule is CCOc1ccc(C2c3[nH]c4ccccc4c3CCN2Cc2cnc(SC)nc2)cc1. The highest BCUT2D eigenvalue weighted by molar-refractivity contribution is 7.98. The number of fused-ring (bicyclic) bond motifs is 3. The number of rotatable bonds is 6. The van der Waals surface area contributed by atoms with Crippen LogP contribution in [-0.4, -0.2) is 39.3 Å². The van der Waals surface area contributed by atoms with Crippen LogP contribution in [0.2, 0.25) is 0 Å². The quantitative estimate of drug-likeness (QED) is 0.335. The predicted molar refractivity (Wildman–Crippen MR) is 126 cm³/mol. The van der Waals surface area contributed by atoms with E-state index < -0.39 is 0 Å². The van der Waals surface area contributed by atoms with Crippen molar-refractivity contribution in [2.45, 2.75) is 31.1 Å². The van der Waals surface area contributed by atoms with Gasteiger partial charge in [-0.25, -0.2) is 9.97 Å². The minimum Gasteiger partial charge on any atom is -0.494 e. The third-order valence-electron chi connectivity index (χ3n) is 5.89. The van der Waals surface area contributed by atoms with Crippen molar-refractivity contribution in [3.05, 3.63) is 83.3 Å². The summed E-state index contributed by atoms with van der Waals surface area (Å²) in [6.07, 6.45) is 6.93. The molecule has 0 fully saturated rings. The Hall–Kier alpha value is -2.83. The number of aromatic amines is 1. The van der Waals surface area contributed by atoms with Gasteiger partial charge in [-0.15, -0.1) is 0 Å². The highest BCUT2D eigenvalue weighted by atomic mass is 32.2. The fourth-order valence-electron chi connectivity index (χ4n) is 4.52. The van der Waals surface area contributed by atoms with Gasteiger partial charge in [0.2, 0.25) is 0 Å². The molecule has 0 saturated carbocycles. The Kier molecular flexibility index (Phi) is 5.66. The molecule has 5 nitrogen and oxygen atoms in total. The normalized spacial score (nSPS) is 16.4. The lowest BCUT2D eigenvalue weighted by atomic mass is 9.92. The maximum Gasteiger partial charge on any atom is 0.187 e. The van der Waals surface area contributed by atoms with E-state index in [4.69, 9.17) is 4.74 Å². The van der Waals surface area contributed by atoms with Gasteiger partial charge < -0.3 is 9.72 Å². The zero-order valence-corrected chi connectivity index (χ0v) is 18.7. The average Bonchev–Trinajstić information content (AvgIpc) is 3.19. The van der Waals surface area contributed by atoms with E-state index >= 15 is 0 Å². The lowest BCUT2D eigenvalue weighted by Gasteiger charge is -2.36. The van der Waals surface area contributed by atoms with Gasteiger partial charge in [-0.05, 0) is 48.9 Å². The molecule has 0 bridgehead atoms. The number of para-hydroxylation sites is 1. The molecule has 2 aromatic heterocycles. The molecule has 0 aliphatic carbocycles. The van der Waals surface area contributed by atoms with Gasteiger partial charge in [0.05, 0.1) is 12.6 Å². The number of aromatic nitrogens is 3. The molecule has 31 heavy (non-hydrogen) atoms. The Labute approximate surface area is 186 Å². The number of ether oxygens (including phenoxy) is 1. The first-order valence-electron chi connectivity index (χ1n) is 10.7. The molecule has 3 heterocycles. The number of thioether (sulfide) groups is 1. The summed E-state index contributed by atoms with van der Waals surface area (Å²) >= 11 is 1.57. The predicted octanol–water partition coefficient (Wildman–Crippen LogP) is 5.23. The standard InChI is InChI=1S/C25H26N4OS/c1-3-30-19-10-8-18(9-11-19)24-23-21(20-6-4-5-7-22(20)28-23)12-13-29(24)16-17-14-26-25(31-2)27-15-17/h4-11,14-15,24,28H,3,12-13,16H2,1-2H3. The number of nitrogens with zero attached hydrogens (tertiary/aromatic N) is 3. The summed E-state index contributed by atoms with van der Waals surface area (Å²) in [5.74, 6) is 0.909. The molecule has 4 aromatic rings. The molecule has 1 unspecified atom stereocenters. The monoisotopic (exact) mass is 430 g/mol. The van der Waals surface area contributed by atoms with Crippen molar-refractivity contribution in [2.24, 2.45) is 0 Å². The molecule has 2 aromatic carbocycles. The number of H-pyrrole nitrogens is 1. The van der Waals surface area contributed by atoms with Crippen LogP contribution in [0.25, 0.3) is 10.9 Å². The van der Waals surface area contributed by atoms with Crippen LogP contribution in [0.5, 0.6) is 5.75 Å². The summed E-state index contributed by atoms with van der Waals surface area (Å²) in [6, 6.07) is 17.3. The molecule has 1 atom stereocenters. The second-order valence-electron chi connectivity index (χ2n) is 7.77. The topological polar surface area (TPSA) is 54.0 Å². The maximum absolute atomic E-state index is 5.67. The van der Waals surface area contributed by atoms with Crippen LogP contribution < -0.4 is 4.74 Å². The lowest BCUT2D eigenvalue weighted by molar-refractivity contribution is 0.201. The van der Waals surface area contributed by atoms with E-state index in [0.717, 1.165) is 36.0 Å². The second-order valence-corrected chi connectivity index (χ2v) is 8.54. The largest absolute Gasteiger partial charge is 0.494 e. The van der Waals surface area contributed by atoms with E-state index in [1.165, 1.54) is 27.7 Å². The zero-order chi connectivity index (χ0) is 21.2. The van der Waals surface area contributed by atoms with Crippen molar-refractivity contribution < 1.29 is 4.74 Å². The summed E-state index contributed by atoms with van der Waals surface area (Å²) in [7, 11) is 0. The molecule has 158 valence electrons. The van der Waals surface area contributed by atoms with E-state index in [0.29, 0.717) is 6.61 Å². The first-order chi connectivity index (χ1) is 15.3. The van der Waals surface area contributed by atoms with E-state index in [1.54, 1.807) is 11.8 Å². The summed E-state index contributed by atoms with van der Waals surface area (Å²) < 4.78 is 5.67. The number of hydrogen-bond donors (Lipinski definition) is 1. The van der Waals surface area contributed by atoms with Crippen molar-refractivity contribution in [2.75, 3.05) is 19.4 Å². The molecule has 1 aliphatic heterocycles. The van der Waals surface area contributed by atoms with Crippen molar-refractivity contribution in [1.82, 2.24) is 19.9 Å². The van der Waals surface area contributed by atoms with Gasteiger partial charge in [0, 0.05) is 47.6 Å². The van der Waals surface area contributed by atoms with E-state index in [1.807, 2.05) is 25.6 Å². The molecule has 0 spiro atoms. The molecule has 6 heteroatoms. The van der Waals surface area contributed by atoms with Crippen LogP contribution in [0.4, 0.5) is 0 Å². The van der Waals surface area contributed by atoms with Crippen molar-refractivity contribution in [1.29, 1.82) is 0 Å². The van der Waals surface area contributed by atoms with Gasteiger partial charge in [0.1, 0.15) is 5.75 Å². The summed E-state index contributed by atoms with van der Waals surface area (Å²) in [4.78, 5) is 15.2. The first-order valence-corrected chi connectivity index (χ1v) is 11.9. The van der Waals surface area contributed by atoms with Crippen LogP contribution in [0.15, 0.2) is 66.1 Å². The molecule has 1 N–H and O–H groups in total. The third-order valence-corrected chi connectivity index (χ3v) is 6.47.